The van der Waals surface area contributed by atoms with Crippen LogP contribution in [-0.2, 0) is 0 Å². The number of aromatic nitrogens is 3. The van der Waals surface area contributed by atoms with E-state index in [9.17, 15) is 10.2 Å². The van der Waals surface area contributed by atoms with Crippen LogP contribution in [0, 0.1) is 0 Å². The van der Waals surface area contributed by atoms with Gasteiger partial charge in [-0.3, -0.25) is 0 Å². The van der Waals surface area contributed by atoms with Crippen molar-refractivity contribution in [2.24, 2.45) is 0 Å². The van der Waals surface area contributed by atoms with Gasteiger partial charge in [0.2, 0.25) is 0 Å². The third-order valence-electron chi connectivity index (χ3n) is 2.70. The lowest BCUT2D eigenvalue weighted by atomic mass is 10.0. The predicted octanol–water partition coefficient (Wildman–Crippen LogP) is -0.119. The lowest BCUT2D eigenvalue weighted by Crippen LogP contribution is -2.29. The molecule has 1 aromatic carbocycles. The highest BCUT2D eigenvalue weighted by Gasteiger charge is 2.17. The van der Waals surface area contributed by atoms with Crippen LogP contribution >= 0.6 is 0 Å². The topological polar surface area (TPSA) is 83.2 Å². The number of nitrogens with zero attached hydrogens (tertiary/aromatic N) is 3. The number of hydrogen-bond acceptors (Lipinski definition) is 5. The molecule has 0 saturated heterocycles. The van der Waals surface area contributed by atoms with E-state index in [-0.39, 0.29) is 0 Å². The minimum Gasteiger partial charge on any atom is -0.389 e. The Morgan fingerprint density at radius 3 is 2.56 bits per heavy atom. The van der Waals surface area contributed by atoms with E-state index in [1.807, 2.05) is 12.1 Å². The summed E-state index contributed by atoms with van der Waals surface area (Å²) in [5.74, 6) is 0. The monoisotopic (exact) mass is 248 g/mol. The second-order valence-corrected chi connectivity index (χ2v) is 4.00. The SMILES string of the molecule is CNCC(O)C(O)c1ccc(-n2cncn2)cc1. The largest absolute Gasteiger partial charge is 0.389 e. The highest BCUT2D eigenvalue weighted by Crippen LogP contribution is 2.18. The van der Waals surface area contributed by atoms with Gasteiger partial charge in [0.25, 0.3) is 0 Å². The van der Waals surface area contributed by atoms with E-state index in [2.05, 4.69) is 15.4 Å². The molecule has 2 unspecified atom stereocenters. The van der Waals surface area contributed by atoms with E-state index >= 15 is 0 Å². The average Bonchev–Trinajstić information content (AvgIpc) is 2.92. The average molecular weight is 248 g/mol. The minimum absolute atomic E-state index is 0.339. The van der Waals surface area contributed by atoms with Crippen LogP contribution in [0.1, 0.15) is 11.7 Å². The van der Waals surface area contributed by atoms with Gasteiger partial charge < -0.3 is 15.5 Å². The Kier molecular flexibility index (Phi) is 4.03. The summed E-state index contributed by atoms with van der Waals surface area (Å²) >= 11 is 0. The Morgan fingerprint density at radius 1 is 1.28 bits per heavy atom. The summed E-state index contributed by atoms with van der Waals surface area (Å²) in [6.45, 7) is 0.339. The normalized spacial score (nSPS) is 14.4. The highest BCUT2D eigenvalue weighted by atomic mass is 16.3. The van der Waals surface area contributed by atoms with E-state index in [0.29, 0.717) is 12.1 Å². The van der Waals surface area contributed by atoms with E-state index in [0.717, 1.165) is 5.69 Å². The molecule has 0 radical (unpaired) electrons. The summed E-state index contributed by atoms with van der Waals surface area (Å²) in [6, 6.07) is 7.17. The first-order valence-corrected chi connectivity index (χ1v) is 5.68. The second-order valence-electron chi connectivity index (χ2n) is 4.00. The van der Waals surface area contributed by atoms with Gasteiger partial charge in [0.1, 0.15) is 18.8 Å². The lowest BCUT2D eigenvalue weighted by Gasteiger charge is -2.17. The second kappa shape index (κ2) is 5.72. The molecule has 0 aliphatic heterocycles. The van der Waals surface area contributed by atoms with Gasteiger partial charge >= 0.3 is 0 Å². The molecule has 0 saturated carbocycles. The highest BCUT2D eigenvalue weighted by molar-refractivity contribution is 5.34. The Bertz CT molecular complexity index is 469. The van der Waals surface area contributed by atoms with Crippen molar-refractivity contribution >= 4 is 0 Å². The van der Waals surface area contributed by atoms with Crippen LogP contribution in [0.15, 0.2) is 36.9 Å². The molecular formula is C12H16N4O2. The van der Waals surface area contributed by atoms with E-state index < -0.39 is 12.2 Å². The molecule has 2 aromatic rings. The molecule has 1 heterocycles. The predicted molar refractivity (Wildman–Crippen MR) is 66.3 cm³/mol. The zero-order valence-electron chi connectivity index (χ0n) is 10.1. The Labute approximate surface area is 105 Å². The molecule has 2 atom stereocenters. The molecule has 2 rings (SSSR count). The summed E-state index contributed by atoms with van der Waals surface area (Å²) < 4.78 is 1.63. The molecule has 18 heavy (non-hydrogen) atoms. The van der Waals surface area contributed by atoms with Crippen LogP contribution in [0.3, 0.4) is 0 Å². The van der Waals surface area contributed by atoms with Crippen molar-refractivity contribution in [1.29, 1.82) is 0 Å². The maximum atomic E-state index is 9.92. The summed E-state index contributed by atoms with van der Waals surface area (Å²) in [6.07, 6.45) is 1.33. The quantitative estimate of drug-likeness (QED) is 0.687. The third kappa shape index (κ3) is 2.73. The standard InChI is InChI=1S/C12H16N4O2/c1-13-6-11(17)12(18)9-2-4-10(5-3-9)16-8-14-7-15-16/h2-5,7-8,11-13,17-18H,6H2,1H3. The van der Waals surface area contributed by atoms with Crippen LogP contribution in [0.2, 0.25) is 0 Å². The number of aliphatic hydroxyl groups excluding tert-OH is 2. The van der Waals surface area contributed by atoms with Crippen LogP contribution in [0.5, 0.6) is 0 Å². The molecule has 0 amide bonds. The summed E-state index contributed by atoms with van der Waals surface area (Å²) in [5.41, 5.74) is 1.52. The van der Waals surface area contributed by atoms with Gasteiger partial charge in [0, 0.05) is 6.54 Å². The fourth-order valence-electron chi connectivity index (χ4n) is 1.71. The first kappa shape index (κ1) is 12.7. The lowest BCUT2D eigenvalue weighted by molar-refractivity contribution is 0.0202. The summed E-state index contributed by atoms with van der Waals surface area (Å²) in [7, 11) is 1.73. The molecule has 0 spiro atoms. The number of nitrogens with one attached hydrogen (secondary N) is 1. The molecular weight excluding hydrogens is 232 g/mol. The first-order valence-electron chi connectivity index (χ1n) is 5.68. The number of likely N-dealkylation sites (N-methyl/N-ethyl adjacent to an activating group) is 1. The van der Waals surface area contributed by atoms with Gasteiger partial charge in [-0.25, -0.2) is 9.67 Å². The molecule has 1 aromatic heterocycles. The van der Waals surface area contributed by atoms with Crippen LogP contribution < -0.4 is 5.32 Å². The van der Waals surface area contributed by atoms with E-state index in [1.165, 1.54) is 6.33 Å². The Balaban J connectivity index is 2.12. The Morgan fingerprint density at radius 2 is 2.00 bits per heavy atom. The zero-order chi connectivity index (χ0) is 13.0. The molecule has 0 fully saturated rings. The summed E-state index contributed by atoms with van der Waals surface area (Å²) in [4.78, 5) is 3.86. The van der Waals surface area contributed by atoms with Gasteiger partial charge in [0.05, 0.1) is 11.8 Å². The first-order chi connectivity index (χ1) is 8.72. The van der Waals surface area contributed by atoms with Crippen molar-refractivity contribution in [2.45, 2.75) is 12.2 Å². The minimum atomic E-state index is -0.901. The van der Waals surface area contributed by atoms with Gasteiger partial charge in [-0.2, -0.15) is 5.10 Å². The fraction of sp³-hybridized carbons (Fsp3) is 0.333. The molecule has 0 bridgehead atoms. The van der Waals surface area contributed by atoms with Gasteiger partial charge in [-0.15, -0.1) is 0 Å². The van der Waals surface area contributed by atoms with Gasteiger partial charge in [-0.05, 0) is 24.7 Å². The van der Waals surface area contributed by atoms with E-state index in [4.69, 9.17) is 0 Å². The van der Waals surface area contributed by atoms with Gasteiger partial charge in [0.15, 0.2) is 0 Å². The van der Waals surface area contributed by atoms with Gasteiger partial charge in [-0.1, -0.05) is 12.1 Å². The molecule has 6 nitrogen and oxygen atoms in total. The smallest absolute Gasteiger partial charge is 0.138 e. The van der Waals surface area contributed by atoms with Crippen molar-refractivity contribution in [3.8, 4) is 5.69 Å². The number of hydrogen-bond donors (Lipinski definition) is 3. The molecule has 6 heteroatoms. The van der Waals surface area contributed by atoms with Crippen molar-refractivity contribution in [1.82, 2.24) is 20.1 Å². The molecule has 96 valence electrons. The van der Waals surface area contributed by atoms with Crippen molar-refractivity contribution in [3.63, 3.8) is 0 Å². The molecule has 0 aliphatic rings. The van der Waals surface area contributed by atoms with Crippen LogP contribution in [0.25, 0.3) is 5.69 Å². The zero-order valence-corrected chi connectivity index (χ0v) is 10.1. The molecule has 3 N–H and O–H groups in total. The maximum Gasteiger partial charge on any atom is 0.138 e. The van der Waals surface area contributed by atoms with Crippen molar-refractivity contribution in [3.05, 3.63) is 42.5 Å². The molecule has 0 aliphatic carbocycles. The third-order valence-corrected chi connectivity index (χ3v) is 2.70. The fourth-order valence-corrected chi connectivity index (χ4v) is 1.71. The number of aliphatic hydroxyl groups is 2. The maximum absolute atomic E-state index is 9.92. The Hall–Kier alpha value is -1.76. The number of rotatable bonds is 5. The van der Waals surface area contributed by atoms with Crippen LogP contribution in [-0.4, -0.2) is 44.7 Å². The van der Waals surface area contributed by atoms with Crippen LogP contribution in [0.4, 0.5) is 0 Å². The number of benzene rings is 1. The summed E-state index contributed by atoms with van der Waals surface area (Å²) in [5, 5.41) is 26.4. The van der Waals surface area contributed by atoms with Crippen molar-refractivity contribution < 1.29 is 10.2 Å². The van der Waals surface area contributed by atoms with E-state index in [1.54, 1.807) is 30.2 Å². The van der Waals surface area contributed by atoms with Crippen molar-refractivity contribution in [2.75, 3.05) is 13.6 Å².